The predicted molar refractivity (Wildman–Crippen MR) is 82.8 cm³/mol. The van der Waals surface area contributed by atoms with Gasteiger partial charge < -0.3 is 10.2 Å². The Kier molecular flexibility index (Phi) is 4.24. The summed E-state index contributed by atoms with van der Waals surface area (Å²) >= 11 is 1.50. The van der Waals surface area contributed by atoms with Crippen LogP contribution in [0.15, 0.2) is 47.8 Å². The molecule has 1 unspecified atom stereocenters. The zero-order valence-electron chi connectivity index (χ0n) is 11.5. The van der Waals surface area contributed by atoms with Crippen LogP contribution in [-0.4, -0.2) is 26.8 Å². The van der Waals surface area contributed by atoms with Crippen LogP contribution in [0.5, 0.6) is 0 Å². The first kappa shape index (κ1) is 14.8. The number of hydrogen-bond donors (Lipinski definition) is 2. The van der Waals surface area contributed by atoms with Crippen LogP contribution in [0.2, 0.25) is 0 Å². The highest BCUT2D eigenvalue weighted by atomic mass is 32.1. The molecule has 0 aliphatic rings. The van der Waals surface area contributed by atoms with E-state index in [9.17, 15) is 9.50 Å². The molecule has 0 bridgehead atoms. The van der Waals surface area contributed by atoms with Crippen LogP contribution in [0.3, 0.4) is 0 Å². The van der Waals surface area contributed by atoms with Gasteiger partial charge in [0.2, 0.25) is 0 Å². The van der Waals surface area contributed by atoms with Crippen molar-refractivity contribution < 1.29 is 14.6 Å². The molecule has 6 heteroatoms. The lowest BCUT2D eigenvalue weighted by molar-refractivity contribution is 0.0923. The number of aromatic nitrogens is 2. The average molecular weight is 316 g/mol. The molecular formula is C16H13FN2O2S. The van der Waals surface area contributed by atoms with Crippen LogP contribution in [0, 0.1) is 5.82 Å². The molecule has 22 heavy (non-hydrogen) atoms. The molecule has 0 amide bonds. The molecule has 0 radical (unpaired) electrons. The highest BCUT2D eigenvalue weighted by molar-refractivity contribution is 7.13. The molecule has 0 fully saturated rings. The fourth-order valence-electron chi connectivity index (χ4n) is 2.04. The molecule has 0 saturated carbocycles. The number of thiophene rings is 1. The van der Waals surface area contributed by atoms with Gasteiger partial charge in [-0.05, 0) is 29.6 Å². The van der Waals surface area contributed by atoms with Crippen molar-refractivity contribution in [3.63, 3.8) is 0 Å². The van der Waals surface area contributed by atoms with Crippen molar-refractivity contribution in [3.05, 3.63) is 59.4 Å². The Morgan fingerprint density at radius 1 is 1.14 bits per heavy atom. The minimum atomic E-state index is -1.10. The number of rotatable bonds is 4. The van der Waals surface area contributed by atoms with E-state index in [0.717, 1.165) is 4.88 Å². The summed E-state index contributed by atoms with van der Waals surface area (Å²) in [6.45, 7) is -0.441. The summed E-state index contributed by atoms with van der Waals surface area (Å²) in [6, 6.07) is 11.4. The second-order valence-electron chi connectivity index (χ2n) is 4.69. The molecule has 0 aliphatic heterocycles. The molecule has 2 aromatic heterocycles. The van der Waals surface area contributed by atoms with E-state index in [1.54, 1.807) is 18.2 Å². The van der Waals surface area contributed by atoms with Gasteiger partial charge in [-0.2, -0.15) is 0 Å². The van der Waals surface area contributed by atoms with E-state index in [-0.39, 0.29) is 5.82 Å². The first-order valence-corrected chi connectivity index (χ1v) is 7.53. The summed E-state index contributed by atoms with van der Waals surface area (Å²) in [4.78, 5) is 9.59. The summed E-state index contributed by atoms with van der Waals surface area (Å²) in [7, 11) is 0. The van der Waals surface area contributed by atoms with E-state index < -0.39 is 12.7 Å². The highest BCUT2D eigenvalue weighted by Crippen LogP contribution is 2.27. The van der Waals surface area contributed by atoms with E-state index >= 15 is 0 Å². The summed E-state index contributed by atoms with van der Waals surface area (Å²) in [5.41, 5.74) is 1.46. The standard InChI is InChI=1S/C16H13FN2O2S/c17-11-4-1-3-10(7-11)16-18-12(14(21)9-20)8-13(19-16)15-5-2-6-22-15/h1-8,14,20-21H,9H2. The third kappa shape index (κ3) is 3.04. The second kappa shape index (κ2) is 6.31. The van der Waals surface area contributed by atoms with Crippen molar-refractivity contribution in [1.29, 1.82) is 0 Å². The third-order valence-electron chi connectivity index (χ3n) is 3.12. The normalized spacial score (nSPS) is 12.3. The molecule has 3 aromatic rings. The Balaban J connectivity index is 2.15. The summed E-state index contributed by atoms with van der Waals surface area (Å²) < 4.78 is 13.4. The lowest BCUT2D eigenvalue weighted by Crippen LogP contribution is -2.07. The molecule has 1 aromatic carbocycles. The van der Waals surface area contributed by atoms with Crippen LogP contribution in [0.4, 0.5) is 4.39 Å². The van der Waals surface area contributed by atoms with Gasteiger partial charge in [-0.15, -0.1) is 11.3 Å². The van der Waals surface area contributed by atoms with Crippen molar-refractivity contribution in [2.75, 3.05) is 6.61 Å². The van der Waals surface area contributed by atoms with E-state index in [0.29, 0.717) is 22.8 Å². The van der Waals surface area contributed by atoms with Crippen molar-refractivity contribution >= 4 is 11.3 Å². The maximum absolute atomic E-state index is 13.4. The quantitative estimate of drug-likeness (QED) is 0.776. The second-order valence-corrected chi connectivity index (χ2v) is 5.64. The zero-order chi connectivity index (χ0) is 15.5. The Bertz CT molecular complexity index is 778. The highest BCUT2D eigenvalue weighted by Gasteiger charge is 2.14. The van der Waals surface area contributed by atoms with Gasteiger partial charge in [0.15, 0.2) is 5.82 Å². The van der Waals surface area contributed by atoms with E-state index in [1.807, 2.05) is 17.5 Å². The molecule has 3 rings (SSSR count). The first-order valence-electron chi connectivity index (χ1n) is 6.65. The average Bonchev–Trinajstić information content (AvgIpc) is 3.08. The number of halogens is 1. The molecule has 0 aliphatic carbocycles. The SMILES string of the molecule is OCC(O)c1cc(-c2cccs2)nc(-c2cccc(F)c2)n1. The van der Waals surface area contributed by atoms with Gasteiger partial charge in [-0.25, -0.2) is 14.4 Å². The maximum atomic E-state index is 13.4. The lowest BCUT2D eigenvalue weighted by Gasteiger charge is -2.11. The molecular weight excluding hydrogens is 303 g/mol. The van der Waals surface area contributed by atoms with Crippen LogP contribution in [0.1, 0.15) is 11.8 Å². The number of nitrogens with zero attached hydrogens (tertiary/aromatic N) is 2. The molecule has 0 spiro atoms. The van der Waals surface area contributed by atoms with Crippen molar-refractivity contribution in [3.8, 4) is 22.0 Å². The zero-order valence-corrected chi connectivity index (χ0v) is 12.3. The van der Waals surface area contributed by atoms with E-state index in [4.69, 9.17) is 5.11 Å². The van der Waals surface area contributed by atoms with Crippen LogP contribution in [0.25, 0.3) is 22.0 Å². The largest absolute Gasteiger partial charge is 0.393 e. The van der Waals surface area contributed by atoms with Crippen LogP contribution < -0.4 is 0 Å². The number of aliphatic hydroxyl groups excluding tert-OH is 2. The minimum absolute atomic E-state index is 0.306. The van der Waals surface area contributed by atoms with Gasteiger partial charge >= 0.3 is 0 Å². The van der Waals surface area contributed by atoms with Crippen molar-refractivity contribution in [1.82, 2.24) is 9.97 Å². The smallest absolute Gasteiger partial charge is 0.160 e. The fraction of sp³-hybridized carbons (Fsp3) is 0.125. The fourth-order valence-corrected chi connectivity index (χ4v) is 2.72. The third-order valence-corrected chi connectivity index (χ3v) is 4.01. The Morgan fingerprint density at radius 3 is 2.68 bits per heavy atom. The number of hydrogen-bond acceptors (Lipinski definition) is 5. The Hall–Kier alpha value is -2.15. The van der Waals surface area contributed by atoms with Gasteiger partial charge in [-0.3, -0.25) is 0 Å². The first-order chi connectivity index (χ1) is 10.7. The van der Waals surface area contributed by atoms with Crippen LogP contribution >= 0.6 is 11.3 Å². The molecule has 4 nitrogen and oxygen atoms in total. The van der Waals surface area contributed by atoms with Crippen molar-refractivity contribution in [2.24, 2.45) is 0 Å². The molecule has 2 heterocycles. The molecule has 1 atom stereocenters. The van der Waals surface area contributed by atoms with E-state index in [2.05, 4.69) is 9.97 Å². The van der Waals surface area contributed by atoms with Gasteiger partial charge in [-0.1, -0.05) is 18.2 Å². The topological polar surface area (TPSA) is 66.2 Å². The van der Waals surface area contributed by atoms with E-state index in [1.165, 1.54) is 23.5 Å². The summed E-state index contributed by atoms with van der Waals surface area (Å²) in [6.07, 6.45) is -1.10. The maximum Gasteiger partial charge on any atom is 0.160 e. The molecule has 2 N–H and O–H groups in total. The summed E-state index contributed by atoms with van der Waals surface area (Å²) in [5, 5.41) is 20.9. The van der Waals surface area contributed by atoms with Gasteiger partial charge in [0.05, 0.1) is 22.9 Å². The van der Waals surface area contributed by atoms with Crippen LogP contribution in [-0.2, 0) is 0 Å². The number of benzene rings is 1. The predicted octanol–water partition coefficient (Wildman–Crippen LogP) is 3.04. The molecule has 0 saturated heterocycles. The van der Waals surface area contributed by atoms with Gasteiger partial charge in [0.25, 0.3) is 0 Å². The Labute approximate surface area is 130 Å². The summed E-state index contributed by atoms with van der Waals surface area (Å²) in [5.74, 6) is -0.0696. The van der Waals surface area contributed by atoms with Gasteiger partial charge in [0.1, 0.15) is 11.9 Å². The van der Waals surface area contributed by atoms with Gasteiger partial charge in [0, 0.05) is 5.56 Å². The number of aliphatic hydroxyl groups is 2. The van der Waals surface area contributed by atoms with Crippen molar-refractivity contribution in [2.45, 2.75) is 6.10 Å². The monoisotopic (exact) mass is 316 g/mol. The Morgan fingerprint density at radius 2 is 2.00 bits per heavy atom. The molecule has 112 valence electrons. The minimum Gasteiger partial charge on any atom is -0.393 e. The lowest BCUT2D eigenvalue weighted by atomic mass is 10.1.